The predicted molar refractivity (Wildman–Crippen MR) is 107 cm³/mol. The van der Waals surface area contributed by atoms with Crippen LogP contribution in [0.1, 0.15) is 17.0 Å². The molecular formula is C22H20N4O. The van der Waals surface area contributed by atoms with E-state index in [0.717, 1.165) is 39.4 Å². The first-order chi connectivity index (χ1) is 13.1. The molecule has 0 atom stereocenters. The van der Waals surface area contributed by atoms with Gasteiger partial charge in [0, 0.05) is 24.8 Å². The lowest BCUT2D eigenvalue weighted by Gasteiger charge is -2.14. The third-order valence-electron chi connectivity index (χ3n) is 5.32. The molecule has 134 valence electrons. The van der Waals surface area contributed by atoms with Crippen molar-refractivity contribution < 1.29 is 4.42 Å². The Morgan fingerprint density at radius 3 is 2.48 bits per heavy atom. The summed E-state index contributed by atoms with van der Waals surface area (Å²) in [5.41, 5.74) is 7.07. The molecule has 5 aromatic rings. The van der Waals surface area contributed by atoms with Crippen molar-refractivity contribution in [3.63, 3.8) is 0 Å². The highest BCUT2D eigenvalue weighted by molar-refractivity contribution is 6.06. The molecule has 0 unspecified atom stereocenters. The fourth-order valence-corrected chi connectivity index (χ4v) is 3.92. The van der Waals surface area contributed by atoms with Crippen LogP contribution in [0.3, 0.4) is 0 Å². The third-order valence-corrected chi connectivity index (χ3v) is 5.32. The lowest BCUT2D eigenvalue weighted by molar-refractivity contribution is 0.655. The van der Waals surface area contributed by atoms with Gasteiger partial charge in [-0.3, -0.25) is 4.57 Å². The van der Waals surface area contributed by atoms with Crippen LogP contribution < -0.4 is 0 Å². The summed E-state index contributed by atoms with van der Waals surface area (Å²) < 4.78 is 10.4. The Balaban J connectivity index is 1.81. The molecule has 0 aliphatic rings. The summed E-state index contributed by atoms with van der Waals surface area (Å²) in [7, 11) is 2.02. The number of aromatic nitrogens is 4. The van der Waals surface area contributed by atoms with Gasteiger partial charge in [-0.2, -0.15) is 4.98 Å². The smallest absolute Gasteiger partial charge is 0.246 e. The molecule has 5 rings (SSSR count). The maximum absolute atomic E-state index is 6.18. The van der Waals surface area contributed by atoms with Crippen molar-refractivity contribution in [2.45, 2.75) is 20.8 Å². The molecule has 0 aliphatic carbocycles. The van der Waals surface area contributed by atoms with Gasteiger partial charge < -0.3 is 8.98 Å². The molecule has 3 aromatic heterocycles. The standard InChI is InChI=1S/C22H20N4O/c1-13-7-5-8-14(2)18(13)26-12-11-23-21(26)17-10-6-9-16-19-22(27-20(16)17)24-15(3)25(19)4/h5-12H,1-4H3. The Kier molecular flexibility index (Phi) is 3.28. The van der Waals surface area contributed by atoms with Gasteiger partial charge in [0.25, 0.3) is 0 Å². The van der Waals surface area contributed by atoms with E-state index in [-0.39, 0.29) is 0 Å². The third kappa shape index (κ3) is 2.18. The van der Waals surface area contributed by atoms with E-state index in [9.17, 15) is 0 Å². The zero-order chi connectivity index (χ0) is 18.7. The summed E-state index contributed by atoms with van der Waals surface area (Å²) in [5, 5.41) is 1.06. The quantitative estimate of drug-likeness (QED) is 0.442. The topological polar surface area (TPSA) is 48.8 Å². The van der Waals surface area contributed by atoms with Crippen LogP contribution >= 0.6 is 0 Å². The fourth-order valence-electron chi connectivity index (χ4n) is 3.92. The summed E-state index contributed by atoms with van der Waals surface area (Å²) in [4.78, 5) is 9.22. The van der Waals surface area contributed by atoms with E-state index in [4.69, 9.17) is 4.42 Å². The first kappa shape index (κ1) is 15.9. The van der Waals surface area contributed by atoms with Crippen molar-refractivity contribution in [3.05, 3.63) is 65.7 Å². The molecule has 0 spiro atoms. The molecular weight excluding hydrogens is 336 g/mol. The summed E-state index contributed by atoms with van der Waals surface area (Å²) in [5.74, 6) is 1.81. The van der Waals surface area contributed by atoms with Crippen LogP contribution in [-0.2, 0) is 7.05 Å². The second-order valence-electron chi connectivity index (χ2n) is 7.02. The van der Waals surface area contributed by atoms with E-state index in [1.54, 1.807) is 0 Å². The molecule has 0 amide bonds. The molecule has 0 fully saturated rings. The highest BCUT2D eigenvalue weighted by atomic mass is 16.3. The second-order valence-corrected chi connectivity index (χ2v) is 7.02. The summed E-state index contributed by atoms with van der Waals surface area (Å²) in [6, 6.07) is 12.5. The predicted octanol–water partition coefficient (Wildman–Crippen LogP) is 5.10. The normalized spacial score (nSPS) is 11.7. The largest absolute Gasteiger partial charge is 0.435 e. The van der Waals surface area contributed by atoms with Crippen LogP contribution in [-0.4, -0.2) is 19.1 Å². The number of furan rings is 1. The molecule has 0 saturated carbocycles. The molecule has 5 nitrogen and oxygen atoms in total. The Labute approximate surface area is 156 Å². The molecule has 27 heavy (non-hydrogen) atoms. The Morgan fingerprint density at radius 2 is 1.70 bits per heavy atom. The van der Waals surface area contributed by atoms with Crippen molar-refractivity contribution in [2.75, 3.05) is 0 Å². The summed E-state index contributed by atoms with van der Waals surface area (Å²) in [6.07, 6.45) is 3.85. The minimum atomic E-state index is 0.669. The van der Waals surface area contributed by atoms with Crippen LogP contribution in [0.25, 0.3) is 39.3 Å². The lowest BCUT2D eigenvalue weighted by Crippen LogP contribution is -2.01. The molecule has 0 aliphatic heterocycles. The van der Waals surface area contributed by atoms with Crippen molar-refractivity contribution in [3.8, 4) is 17.1 Å². The van der Waals surface area contributed by atoms with Gasteiger partial charge in [-0.05, 0) is 44.0 Å². The number of nitrogens with zero attached hydrogens (tertiary/aromatic N) is 4. The van der Waals surface area contributed by atoms with Crippen LogP contribution in [0.4, 0.5) is 0 Å². The SMILES string of the molecule is Cc1cccc(C)c1-n1ccnc1-c1cccc2c1oc1nc(C)n(C)c12. The molecule has 0 N–H and O–H groups in total. The first-order valence-electron chi connectivity index (χ1n) is 9.01. The van der Waals surface area contributed by atoms with Gasteiger partial charge in [-0.15, -0.1) is 0 Å². The monoisotopic (exact) mass is 356 g/mol. The number of rotatable bonds is 2. The molecule has 5 heteroatoms. The van der Waals surface area contributed by atoms with Gasteiger partial charge in [0.2, 0.25) is 5.71 Å². The van der Waals surface area contributed by atoms with Crippen molar-refractivity contribution in [2.24, 2.45) is 7.05 Å². The molecule has 3 heterocycles. The Morgan fingerprint density at radius 1 is 0.963 bits per heavy atom. The average Bonchev–Trinajstić information content (AvgIpc) is 3.31. The second kappa shape index (κ2) is 5.58. The Bertz CT molecular complexity index is 1300. The van der Waals surface area contributed by atoms with Crippen LogP contribution in [0.2, 0.25) is 0 Å². The zero-order valence-electron chi connectivity index (χ0n) is 15.8. The van der Waals surface area contributed by atoms with Gasteiger partial charge in [0.15, 0.2) is 0 Å². The van der Waals surface area contributed by atoms with Gasteiger partial charge in [-0.1, -0.05) is 24.3 Å². The van der Waals surface area contributed by atoms with Crippen molar-refractivity contribution in [1.82, 2.24) is 19.1 Å². The highest BCUT2D eigenvalue weighted by Gasteiger charge is 2.20. The number of imidazole rings is 2. The van der Waals surface area contributed by atoms with E-state index < -0.39 is 0 Å². The van der Waals surface area contributed by atoms with E-state index in [1.165, 1.54) is 11.1 Å². The average molecular weight is 356 g/mol. The van der Waals surface area contributed by atoms with Crippen LogP contribution in [0.15, 0.2) is 53.2 Å². The van der Waals surface area contributed by atoms with Crippen LogP contribution in [0.5, 0.6) is 0 Å². The lowest BCUT2D eigenvalue weighted by atomic mass is 10.1. The number of hydrogen-bond acceptors (Lipinski definition) is 3. The Hall–Kier alpha value is -3.34. The fraction of sp³-hybridized carbons (Fsp3) is 0.182. The number of hydrogen-bond donors (Lipinski definition) is 0. The number of benzene rings is 2. The van der Waals surface area contributed by atoms with E-state index in [0.29, 0.717) is 5.71 Å². The highest BCUT2D eigenvalue weighted by Crippen LogP contribution is 2.36. The van der Waals surface area contributed by atoms with Gasteiger partial charge in [-0.25, -0.2) is 4.98 Å². The number of fused-ring (bicyclic) bond motifs is 3. The van der Waals surface area contributed by atoms with Crippen molar-refractivity contribution in [1.29, 1.82) is 0 Å². The maximum Gasteiger partial charge on any atom is 0.246 e. The number of para-hydroxylation sites is 2. The zero-order valence-corrected chi connectivity index (χ0v) is 15.8. The van der Waals surface area contributed by atoms with E-state index in [2.05, 4.69) is 69.3 Å². The first-order valence-corrected chi connectivity index (χ1v) is 9.01. The van der Waals surface area contributed by atoms with E-state index >= 15 is 0 Å². The van der Waals surface area contributed by atoms with Gasteiger partial charge in [0.05, 0.1) is 11.3 Å². The molecule has 2 aromatic carbocycles. The molecule has 0 saturated heterocycles. The minimum absolute atomic E-state index is 0.669. The molecule has 0 radical (unpaired) electrons. The van der Waals surface area contributed by atoms with Gasteiger partial charge >= 0.3 is 0 Å². The molecule has 0 bridgehead atoms. The maximum atomic E-state index is 6.18. The number of aryl methyl sites for hydroxylation is 4. The van der Waals surface area contributed by atoms with Gasteiger partial charge in [0.1, 0.15) is 22.7 Å². The summed E-state index contributed by atoms with van der Waals surface area (Å²) >= 11 is 0. The minimum Gasteiger partial charge on any atom is -0.435 e. The van der Waals surface area contributed by atoms with E-state index in [1.807, 2.05) is 26.4 Å². The van der Waals surface area contributed by atoms with Crippen molar-refractivity contribution >= 4 is 22.2 Å². The van der Waals surface area contributed by atoms with Crippen LogP contribution in [0, 0.1) is 20.8 Å². The summed E-state index contributed by atoms with van der Waals surface area (Å²) in [6.45, 7) is 6.24.